The third-order valence-corrected chi connectivity index (χ3v) is 6.88. The van der Waals surface area contributed by atoms with E-state index in [0.29, 0.717) is 22.5 Å². The van der Waals surface area contributed by atoms with Crippen LogP contribution in [0.3, 0.4) is 0 Å². The van der Waals surface area contributed by atoms with Gasteiger partial charge in [-0.3, -0.25) is 14.6 Å². The van der Waals surface area contributed by atoms with Crippen molar-refractivity contribution in [2.45, 2.75) is 6.92 Å². The SMILES string of the molecule is C=CCOc1ccc(C=C2SC(=S)N(CN3CCN(c4cccc(C)c4)CC3)C2=O)cc1. The quantitative estimate of drug-likeness (QED) is 0.339. The summed E-state index contributed by atoms with van der Waals surface area (Å²) in [6.07, 6.45) is 3.61. The van der Waals surface area contributed by atoms with Crippen LogP contribution in [-0.2, 0) is 4.79 Å². The zero-order valence-electron chi connectivity index (χ0n) is 18.2. The number of amides is 1. The van der Waals surface area contributed by atoms with E-state index in [9.17, 15) is 4.79 Å². The molecule has 7 heteroatoms. The summed E-state index contributed by atoms with van der Waals surface area (Å²) in [5.41, 5.74) is 3.48. The second-order valence-electron chi connectivity index (χ2n) is 7.86. The number of benzene rings is 2. The Morgan fingerprint density at radius 3 is 2.56 bits per heavy atom. The summed E-state index contributed by atoms with van der Waals surface area (Å²) in [5, 5.41) is 0. The molecule has 0 aliphatic carbocycles. The summed E-state index contributed by atoms with van der Waals surface area (Å²) in [4.78, 5) is 20.1. The number of ether oxygens (including phenoxy) is 1. The number of carbonyl (C=O) groups excluding carboxylic acids is 1. The van der Waals surface area contributed by atoms with E-state index in [4.69, 9.17) is 17.0 Å². The van der Waals surface area contributed by atoms with Crippen LogP contribution in [0, 0.1) is 6.92 Å². The van der Waals surface area contributed by atoms with E-state index in [1.165, 1.54) is 23.0 Å². The number of aryl methyl sites for hydroxylation is 1. The second-order valence-corrected chi connectivity index (χ2v) is 9.54. The molecule has 0 N–H and O–H groups in total. The number of hydrogen-bond donors (Lipinski definition) is 0. The van der Waals surface area contributed by atoms with Gasteiger partial charge >= 0.3 is 0 Å². The topological polar surface area (TPSA) is 36.0 Å². The van der Waals surface area contributed by atoms with Crippen LogP contribution in [0.4, 0.5) is 5.69 Å². The molecule has 166 valence electrons. The largest absolute Gasteiger partial charge is 0.490 e. The van der Waals surface area contributed by atoms with E-state index in [1.54, 1.807) is 11.0 Å². The van der Waals surface area contributed by atoms with Gasteiger partial charge in [0.05, 0.1) is 11.6 Å². The number of anilines is 1. The van der Waals surface area contributed by atoms with Gasteiger partial charge in [-0.25, -0.2) is 0 Å². The molecule has 2 aliphatic heterocycles. The zero-order valence-corrected chi connectivity index (χ0v) is 19.8. The first-order valence-corrected chi connectivity index (χ1v) is 11.9. The first-order chi connectivity index (χ1) is 15.5. The molecule has 2 aromatic carbocycles. The van der Waals surface area contributed by atoms with E-state index >= 15 is 0 Å². The second kappa shape index (κ2) is 10.3. The highest BCUT2D eigenvalue weighted by Crippen LogP contribution is 2.33. The number of thiocarbonyl (C=S) groups is 1. The Hall–Kier alpha value is -2.61. The van der Waals surface area contributed by atoms with Crippen LogP contribution in [0.2, 0.25) is 0 Å². The molecule has 0 unspecified atom stereocenters. The summed E-state index contributed by atoms with van der Waals surface area (Å²) in [5.74, 6) is 0.757. The highest BCUT2D eigenvalue weighted by molar-refractivity contribution is 8.26. The van der Waals surface area contributed by atoms with Crippen LogP contribution in [0.15, 0.2) is 66.1 Å². The summed E-state index contributed by atoms with van der Waals surface area (Å²) in [6.45, 7) is 10.5. The molecule has 0 spiro atoms. The molecule has 2 heterocycles. The molecule has 2 fully saturated rings. The third-order valence-electron chi connectivity index (χ3n) is 5.50. The fourth-order valence-corrected chi connectivity index (χ4v) is 5.00. The average Bonchev–Trinajstić information content (AvgIpc) is 3.06. The van der Waals surface area contributed by atoms with Crippen molar-refractivity contribution in [3.8, 4) is 5.75 Å². The van der Waals surface area contributed by atoms with E-state index in [-0.39, 0.29) is 5.91 Å². The predicted octanol–water partition coefficient (Wildman–Crippen LogP) is 4.54. The van der Waals surface area contributed by atoms with Crippen molar-refractivity contribution in [1.29, 1.82) is 0 Å². The van der Waals surface area contributed by atoms with Crippen LogP contribution >= 0.6 is 24.0 Å². The van der Waals surface area contributed by atoms with Gasteiger partial charge in [0.2, 0.25) is 0 Å². The predicted molar refractivity (Wildman–Crippen MR) is 137 cm³/mol. The van der Waals surface area contributed by atoms with E-state index in [1.807, 2.05) is 30.3 Å². The standard InChI is InChI=1S/C25H27N3O2S2/c1-3-15-30-22-9-7-20(8-10-22)17-23-24(29)28(25(31)32-23)18-26-11-13-27(14-12-26)21-6-4-5-19(2)16-21/h3-10,16-17H,1,11-15,18H2,2H3. The highest BCUT2D eigenvalue weighted by Gasteiger charge is 2.33. The molecular weight excluding hydrogens is 438 g/mol. The van der Waals surface area contributed by atoms with Gasteiger partial charge in [0.25, 0.3) is 5.91 Å². The molecule has 0 atom stereocenters. The van der Waals surface area contributed by atoms with E-state index < -0.39 is 0 Å². The number of rotatable bonds is 7. The first kappa shape index (κ1) is 22.6. The zero-order chi connectivity index (χ0) is 22.5. The van der Waals surface area contributed by atoms with Gasteiger partial charge in [-0.2, -0.15) is 0 Å². The van der Waals surface area contributed by atoms with Gasteiger partial charge in [0, 0.05) is 31.9 Å². The van der Waals surface area contributed by atoms with Crippen LogP contribution in [0.1, 0.15) is 11.1 Å². The molecule has 2 aliphatic rings. The maximum atomic E-state index is 13.0. The maximum Gasteiger partial charge on any atom is 0.267 e. The Morgan fingerprint density at radius 2 is 1.88 bits per heavy atom. The van der Waals surface area contributed by atoms with Crippen LogP contribution < -0.4 is 9.64 Å². The van der Waals surface area contributed by atoms with Crippen molar-refractivity contribution in [3.63, 3.8) is 0 Å². The molecule has 0 saturated carbocycles. The van der Waals surface area contributed by atoms with Crippen molar-refractivity contribution < 1.29 is 9.53 Å². The summed E-state index contributed by atoms with van der Waals surface area (Å²) in [7, 11) is 0. The summed E-state index contributed by atoms with van der Waals surface area (Å²) < 4.78 is 6.13. The summed E-state index contributed by atoms with van der Waals surface area (Å²) in [6, 6.07) is 16.3. The molecule has 0 radical (unpaired) electrons. The Bertz CT molecular complexity index is 1030. The molecule has 0 bridgehead atoms. The fraction of sp³-hybridized carbons (Fsp3) is 0.280. The molecular formula is C25H27N3O2S2. The number of nitrogens with zero attached hydrogens (tertiary/aromatic N) is 3. The monoisotopic (exact) mass is 465 g/mol. The fourth-order valence-electron chi connectivity index (χ4n) is 3.76. The number of piperazine rings is 1. The lowest BCUT2D eigenvalue weighted by atomic mass is 10.2. The minimum atomic E-state index is -0.0203. The van der Waals surface area contributed by atoms with Crippen LogP contribution in [-0.4, -0.2) is 59.5 Å². The lowest BCUT2D eigenvalue weighted by Gasteiger charge is -2.37. The van der Waals surface area contributed by atoms with Crippen LogP contribution in [0.25, 0.3) is 6.08 Å². The molecule has 4 rings (SSSR count). The Morgan fingerprint density at radius 1 is 1.12 bits per heavy atom. The Labute approximate surface area is 199 Å². The molecule has 2 aromatic rings. The van der Waals surface area contributed by atoms with Crippen LogP contribution in [0.5, 0.6) is 5.75 Å². The van der Waals surface area contributed by atoms with Gasteiger partial charge in [-0.05, 0) is 48.4 Å². The van der Waals surface area contributed by atoms with Crippen molar-refractivity contribution >= 4 is 46.0 Å². The molecule has 0 aromatic heterocycles. The lowest BCUT2D eigenvalue weighted by molar-refractivity contribution is -0.123. The minimum absolute atomic E-state index is 0.0203. The van der Waals surface area contributed by atoms with E-state index in [0.717, 1.165) is 37.5 Å². The normalized spacial score (nSPS) is 18.5. The number of hydrogen-bond acceptors (Lipinski definition) is 6. The number of carbonyl (C=O) groups is 1. The molecule has 1 amide bonds. The maximum absolute atomic E-state index is 13.0. The summed E-state index contributed by atoms with van der Waals surface area (Å²) >= 11 is 6.89. The third kappa shape index (κ3) is 5.41. The van der Waals surface area contributed by atoms with Crippen molar-refractivity contribution in [3.05, 3.63) is 77.2 Å². The lowest BCUT2D eigenvalue weighted by Crippen LogP contribution is -2.50. The molecule has 2 saturated heterocycles. The Kier molecular flexibility index (Phi) is 7.29. The Balaban J connectivity index is 1.34. The highest BCUT2D eigenvalue weighted by atomic mass is 32.2. The number of thioether (sulfide) groups is 1. The minimum Gasteiger partial charge on any atom is -0.490 e. The van der Waals surface area contributed by atoms with Crippen molar-refractivity contribution in [2.24, 2.45) is 0 Å². The van der Waals surface area contributed by atoms with Gasteiger partial charge in [0.1, 0.15) is 16.7 Å². The van der Waals surface area contributed by atoms with Crippen molar-refractivity contribution in [1.82, 2.24) is 9.80 Å². The smallest absolute Gasteiger partial charge is 0.267 e. The average molecular weight is 466 g/mol. The molecule has 32 heavy (non-hydrogen) atoms. The van der Waals surface area contributed by atoms with E-state index in [2.05, 4.69) is 47.6 Å². The first-order valence-electron chi connectivity index (χ1n) is 10.7. The van der Waals surface area contributed by atoms with Gasteiger partial charge < -0.3 is 9.64 Å². The van der Waals surface area contributed by atoms with Gasteiger partial charge in [-0.15, -0.1) is 0 Å². The van der Waals surface area contributed by atoms with Gasteiger partial charge in [0.15, 0.2) is 0 Å². The van der Waals surface area contributed by atoms with Gasteiger partial charge in [-0.1, -0.05) is 60.9 Å². The molecule has 5 nitrogen and oxygen atoms in total. The van der Waals surface area contributed by atoms with Crippen molar-refractivity contribution in [2.75, 3.05) is 44.4 Å².